The summed E-state index contributed by atoms with van der Waals surface area (Å²) in [5.74, 6) is -1.01. The molecule has 4 rings (SSSR count). The Labute approximate surface area is 171 Å². The van der Waals surface area contributed by atoms with Crippen LogP contribution in [0.5, 0.6) is 11.6 Å². The third kappa shape index (κ3) is 3.71. The molecular formula is C20H19N5O5. The number of aliphatic carboxylic acids is 1. The van der Waals surface area contributed by atoms with Crippen LogP contribution >= 0.6 is 0 Å². The number of carboxylic acids is 1. The molecule has 1 aliphatic heterocycles. The fourth-order valence-corrected chi connectivity index (χ4v) is 3.56. The van der Waals surface area contributed by atoms with E-state index in [4.69, 9.17) is 4.74 Å². The number of nitrogens with zero attached hydrogens (tertiary/aromatic N) is 5. The Balaban J connectivity index is 1.70. The molecule has 3 aromatic rings. The van der Waals surface area contributed by atoms with E-state index in [9.17, 15) is 20.0 Å². The summed E-state index contributed by atoms with van der Waals surface area (Å²) in [4.78, 5) is 36.8. The molecule has 0 aliphatic carbocycles. The molecule has 0 unspecified atom stereocenters. The topological polar surface area (TPSA) is 132 Å². The van der Waals surface area contributed by atoms with Gasteiger partial charge in [-0.25, -0.2) is 9.97 Å². The highest BCUT2D eigenvalue weighted by Crippen LogP contribution is 2.38. The van der Waals surface area contributed by atoms with Crippen molar-refractivity contribution in [3.63, 3.8) is 0 Å². The molecule has 1 aromatic carbocycles. The molecule has 0 saturated carbocycles. The van der Waals surface area contributed by atoms with Crippen molar-refractivity contribution in [2.45, 2.75) is 19.8 Å². The molecular weight excluding hydrogens is 390 g/mol. The van der Waals surface area contributed by atoms with Gasteiger partial charge in [-0.2, -0.15) is 4.98 Å². The van der Waals surface area contributed by atoms with Crippen LogP contribution in [0.4, 0.5) is 11.5 Å². The maximum atomic E-state index is 11.9. The number of piperidine rings is 1. The summed E-state index contributed by atoms with van der Waals surface area (Å²) in [6, 6.07) is 9.11. The summed E-state index contributed by atoms with van der Waals surface area (Å²) >= 11 is 0. The van der Waals surface area contributed by atoms with Gasteiger partial charge in [-0.05, 0) is 31.9 Å². The molecule has 0 radical (unpaired) electrons. The van der Waals surface area contributed by atoms with Gasteiger partial charge in [-0.1, -0.05) is 18.2 Å². The quantitative estimate of drug-likeness (QED) is 0.498. The van der Waals surface area contributed by atoms with Crippen molar-refractivity contribution in [1.29, 1.82) is 0 Å². The van der Waals surface area contributed by atoms with Crippen LogP contribution in [-0.2, 0) is 4.79 Å². The van der Waals surface area contributed by atoms with Crippen molar-refractivity contribution in [3.8, 4) is 11.6 Å². The second-order valence-electron chi connectivity index (χ2n) is 7.09. The molecule has 3 heterocycles. The average molecular weight is 409 g/mol. The van der Waals surface area contributed by atoms with E-state index >= 15 is 0 Å². The summed E-state index contributed by atoms with van der Waals surface area (Å²) in [5, 5.41) is 21.9. The highest BCUT2D eigenvalue weighted by Gasteiger charge is 2.32. The van der Waals surface area contributed by atoms with Gasteiger partial charge in [0.15, 0.2) is 5.75 Å². The van der Waals surface area contributed by atoms with Crippen LogP contribution < -0.4 is 9.64 Å². The van der Waals surface area contributed by atoms with E-state index in [0.29, 0.717) is 37.2 Å². The first-order valence-electron chi connectivity index (χ1n) is 9.45. The van der Waals surface area contributed by atoms with E-state index in [2.05, 4.69) is 15.0 Å². The van der Waals surface area contributed by atoms with Crippen molar-refractivity contribution >= 4 is 28.4 Å². The van der Waals surface area contributed by atoms with E-state index in [1.807, 2.05) is 25.1 Å². The molecule has 1 saturated heterocycles. The smallest absolute Gasteiger partial charge is 0.373 e. The monoisotopic (exact) mass is 409 g/mol. The standard InChI is InChI=1S/C20H19N5O5/c1-12-5-6-13-3-2-4-15(16(13)23-12)30-19-17(25(28)29)18(21-11-22-19)24-9-7-14(8-10-24)20(26)27/h2-6,11,14H,7-10H2,1H3,(H,26,27). The highest BCUT2D eigenvalue weighted by molar-refractivity contribution is 5.85. The van der Waals surface area contributed by atoms with Crippen molar-refractivity contribution in [2.24, 2.45) is 5.92 Å². The third-order valence-electron chi connectivity index (χ3n) is 5.12. The molecule has 0 amide bonds. The zero-order chi connectivity index (χ0) is 21.3. The fraction of sp³-hybridized carbons (Fsp3) is 0.300. The van der Waals surface area contributed by atoms with Crippen LogP contribution in [0.3, 0.4) is 0 Å². The van der Waals surface area contributed by atoms with Crippen LogP contribution in [-0.4, -0.2) is 44.0 Å². The number of carbonyl (C=O) groups is 1. The van der Waals surface area contributed by atoms with Gasteiger partial charge in [-0.15, -0.1) is 0 Å². The second-order valence-corrected chi connectivity index (χ2v) is 7.09. The Hall–Kier alpha value is -3.82. The molecule has 10 nitrogen and oxygen atoms in total. The largest absolute Gasteiger partial charge is 0.481 e. The summed E-state index contributed by atoms with van der Waals surface area (Å²) in [6.07, 6.45) is 1.99. The molecule has 1 fully saturated rings. The van der Waals surface area contributed by atoms with Gasteiger partial charge < -0.3 is 14.7 Å². The summed E-state index contributed by atoms with van der Waals surface area (Å²) < 4.78 is 5.85. The van der Waals surface area contributed by atoms with Crippen molar-refractivity contribution < 1.29 is 19.6 Å². The number of fused-ring (bicyclic) bond motifs is 1. The Morgan fingerprint density at radius 2 is 2.00 bits per heavy atom. The molecule has 30 heavy (non-hydrogen) atoms. The summed E-state index contributed by atoms with van der Waals surface area (Å²) in [7, 11) is 0. The normalized spacial score (nSPS) is 14.6. The summed E-state index contributed by atoms with van der Waals surface area (Å²) in [6.45, 7) is 2.55. The van der Waals surface area contributed by atoms with Gasteiger partial charge in [0.2, 0.25) is 5.82 Å². The van der Waals surface area contributed by atoms with Crippen LogP contribution in [0, 0.1) is 23.0 Å². The van der Waals surface area contributed by atoms with Gasteiger partial charge in [0, 0.05) is 24.2 Å². The number of para-hydroxylation sites is 1. The number of aryl methyl sites for hydroxylation is 1. The lowest BCUT2D eigenvalue weighted by Gasteiger charge is -2.30. The van der Waals surface area contributed by atoms with E-state index in [1.165, 1.54) is 6.33 Å². The average Bonchev–Trinajstić information content (AvgIpc) is 2.74. The molecule has 154 valence electrons. The number of aromatic nitrogens is 3. The number of benzene rings is 1. The molecule has 2 aromatic heterocycles. The Morgan fingerprint density at radius 3 is 2.70 bits per heavy atom. The molecule has 1 N–H and O–H groups in total. The summed E-state index contributed by atoms with van der Waals surface area (Å²) in [5.41, 5.74) is 1.02. The first kappa shape index (κ1) is 19.5. The van der Waals surface area contributed by atoms with Crippen LogP contribution in [0.2, 0.25) is 0 Å². The predicted octanol–water partition coefficient (Wildman–Crippen LogP) is 3.33. The highest BCUT2D eigenvalue weighted by atomic mass is 16.6. The maximum absolute atomic E-state index is 11.9. The van der Waals surface area contributed by atoms with E-state index in [0.717, 1.165) is 11.1 Å². The lowest BCUT2D eigenvalue weighted by molar-refractivity contribution is -0.385. The molecule has 0 bridgehead atoms. The molecule has 1 aliphatic rings. The Morgan fingerprint density at radius 1 is 1.23 bits per heavy atom. The minimum atomic E-state index is -0.852. The third-order valence-corrected chi connectivity index (χ3v) is 5.12. The first-order valence-corrected chi connectivity index (χ1v) is 9.45. The SMILES string of the molecule is Cc1ccc2cccc(Oc3ncnc(N4CCC(C(=O)O)CC4)c3[N+](=O)[O-])c2n1. The van der Waals surface area contributed by atoms with Gasteiger partial charge in [0.25, 0.3) is 0 Å². The minimum Gasteiger partial charge on any atom is -0.481 e. The number of pyridine rings is 1. The zero-order valence-electron chi connectivity index (χ0n) is 16.2. The minimum absolute atomic E-state index is 0.123. The first-order chi connectivity index (χ1) is 14.4. The number of rotatable bonds is 5. The number of hydrogen-bond donors (Lipinski definition) is 1. The number of ether oxygens (including phenoxy) is 1. The Bertz CT molecular complexity index is 1130. The van der Waals surface area contributed by atoms with E-state index in [1.54, 1.807) is 17.0 Å². The molecule has 10 heteroatoms. The lowest BCUT2D eigenvalue weighted by Crippen LogP contribution is -2.37. The van der Waals surface area contributed by atoms with E-state index in [-0.39, 0.29) is 17.4 Å². The van der Waals surface area contributed by atoms with Crippen LogP contribution in [0.15, 0.2) is 36.7 Å². The van der Waals surface area contributed by atoms with Gasteiger partial charge >= 0.3 is 17.5 Å². The van der Waals surface area contributed by atoms with Crippen molar-refractivity contribution in [3.05, 3.63) is 52.5 Å². The van der Waals surface area contributed by atoms with E-state index < -0.39 is 16.8 Å². The zero-order valence-corrected chi connectivity index (χ0v) is 16.2. The predicted molar refractivity (Wildman–Crippen MR) is 108 cm³/mol. The van der Waals surface area contributed by atoms with Crippen LogP contribution in [0.25, 0.3) is 10.9 Å². The molecule has 0 spiro atoms. The van der Waals surface area contributed by atoms with Crippen molar-refractivity contribution in [1.82, 2.24) is 15.0 Å². The Kier molecular flexibility index (Phi) is 5.13. The molecule has 0 atom stereocenters. The number of carboxylic acid groups (broad SMARTS) is 1. The second kappa shape index (κ2) is 7.90. The van der Waals surface area contributed by atoms with Crippen LogP contribution in [0.1, 0.15) is 18.5 Å². The lowest BCUT2D eigenvalue weighted by atomic mass is 9.97. The number of nitro groups is 1. The van der Waals surface area contributed by atoms with Gasteiger partial charge in [0.1, 0.15) is 11.8 Å². The van der Waals surface area contributed by atoms with Gasteiger partial charge in [-0.3, -0.25) is 14.9 Å². The number of hydrogen-bond acceptors (Lipinski definition) is 8. The maximum Gasteiger partial charge on any atom is 0.373 e. The van der Waals surface area contributed by atoms with Gasteiger partial charge in [0.05, 0.1) is 10.8 Å². The van der Waals surface area contributed by atoms with Crippen molar-refractivity contribution in [2.75, 3.05) is 18.0 Å². The fourth-order valence-electron chi connectivity index (χ4n) is 3.56. The number of anilines is 1.